The largest absolute Gasteiger partial charge is 0.322 e. The summed E-state index contributed by atoms with van der Waals surface area (Å²) in [6.45, 7) is 0. The van der Waals surface area contributed by atoms with E-state index in [2.05, 4.69) is 30.3 Å². The highest BCUT2D eigenvalue weighted by molar-refractivity contribution is 7.99. The van der Waals surface area contributed by atoms with Crippen molar-refractivity contribution in [2.24, 2.45) is 5.73 Å². The second-order valence-electron chi connectivity index (χ2n) is 2.94. The molecule has 0 atom stereocenters. The van der Waals surface area contributed by atoms with Gasteiger partial charge in [0.05, 0.1) is 0 Å². The molecule has 78 valence electrons. The summed E-state index contributed by atoms with van der Waals surface area (Å²) < 4.78 is 0. The zero-order valence-electron chi connectivity index (χ0n) is 8.32. The standard InChI is InChI=1S/C11H17NS2/c12-10-13-8-4-5-9-14-11-6-2-1-3-7-11/h1-3,6-7H,4-5,8-10,12H2. The quantitative estimate of drug-likeness (QED) is 0.440. The molecule has 0 spiro atoms. The van der Waals surface area contributed by atoms with Crippen LogP contribution in [0.1, 0.15) is 12.8 Å². The van der Waals surface area contributed by atoms with Gasteiger partial charge in [-0.1, -0.05) is 18.2 Å². The fourth-order valence-electron chi connectivity index (χ4n) is 1.10. The summed E-state index contributed by atoms with van der Waals surface area (Å²) in [5, 5.41) is 0. The van der Waals surface area contributed by atoms with Gasteiger partial charge >= 0.3 is 0 Å². The minimum Gasteiger partial charge on any atom is -0.322 e. The number of nitrogens with two attached hydrogens (primary N) is 1. The summed E-state index contributed by atoms with van der Waals surface area (Å²) in [5.74, 6) is 3.17. The lowest BCUT2D eigenvalue weighted by molar-refractivity contribution is 0.907. The molecule has 3 heteroatoms. The van der Waals surface area contributed by atoms with Crippen molar-refractivity contribution >= 4 is 23.5 Å². The molecule has 0 fully saturated rings. The average molecular weight is 227 g/mol. The average Bonchev–Trinajstić information content (AvgIpc) is 2.25. The van der Waals surface area contributed by atoms with E-state index in [0.29, 0.717) is 0 Å². The Hall–Kier alpha value is -0.120. The third-order valence-electron chi connectivity index (χ3n) is 1.81. The van der Waals surface area contributed by atoms with Crippen molar-refractivity contribution in [3.8, 4) is 0 Å². The molecule has 14 heavy (non-hydrogen) atoms. The zero-order chi connectivity index (χ0) is 10.1. The molecule has 0 unspecified atom stereocenters. The Morgan fingerprint density at radius 1 is 1.00 bits per heavy atom. The Morgan fingerprint density at radius 2 is 1.71 bits per heavy atom. The maximum Gasteiger partial charge on any atom is 0.0392 e. The molecule has 0 radical (unpaired) electrons. The molecule has 0 aromatic heterocycles. The maximum atomic E-state index is 5.39. The van der Waals surface area contributed by atoms with Gasteiger partial charge in [0.1, 0.15) is 0 Å². The van der Waals surface area contributed by atoms with E-state index < -0.39 is 0 Å². The number of hydrogen-bond donors (Lipinski definition) is 1. The lowest BCUT2D eigenvalue weighted by atomic mass is 10.4. The highest BCUT2D eigenvalue weighted by Crippen LogP contribution is 2.18. The van der Waals surface area contributed by atoms with E-state index in [0.717, 1.165) is 5.88 Å². The highest BCUT2D eigenvalue weighted by Gasteiger charge is 1.92. The predicted octanol–water partition coefficient (Wildman–Crippen LogP) is 3.21. The lowest BCUT2D eigenvalue weighted by Gasteiger charge is -2.01. The monoisotopic (exact) mass is 227 g/mol. The van der Waals surface area contributed by atoms with E-state index in [-0.39, 0.29) is 0 Å². The molecule has 1 aromatic carbocycles. The van der Waals surface area contributed by atoms with Crippen LogP contribution in [-0.2, 0) is 0 Å². The molecule has 0 saturated heterocycles. The number of unbranched alkanes of at least 4 members (excludes halogenated alkanes) is 1. The minimum absolute atomic E-state index is 0.756. The van der Waals surface area contributed by atoms with Crippen molar-refractivity contribution in [3.05, 3.63) is 30.3 Å². The number of thioether (sulfide) groups is 2. The fourth-order valence-corrected chi connectivity index (χ4v) is 2.60. The van der Waals surface area contributed by atoms with Crippen molar-refractivity contribution in [2.45, 2.75) is 17.7 Å². The number of hydrogen-bond acceptors (Lipinski definition) is 3. The molecule has 0 saturated carbocycles. The molecule has 0 amide bonds. The third-order valence-corrected chi connectivity index (χ3v) is 3.72. The second kappa shape index (κ2) is 8.21. The first kappa shape index (κ1) is 12.0. The third kappa shape index (κ3) is 5.58. The van der Waals surface area contributed by atoms with Gasteiger partial charge in [0.25, 0.3) is 0 Å². The van der Waals surface area contributed by atoms with Gasteiger partial charge in [-0.05, 0) is 36.5 Å². The minimum atomic E-state index is 0.756. The molecule has 0 bridgehead atoms. The Balaban J connectivity index is 1.99. The molecule has 0 heterocycles. The normalized spacial score (nSPS) is 10.4. The maximum absolute atomic E-state index is 5.39. The Morgan fingerprint density at radius 3 is 2.43 bits per heavy atom. The van der Waals surface area contributed by atoms with E-state index in [1.165, 1.54) is 29.2 Å². The van der Waals surface area contributed by atoms with Crippen LogP contribution < -0.4 is 5.73 Å². The van der Waals surface area contributed by atoms with E-state index >= 15 is 0 Å². The van der Waals surface area contributed by atoms with E-state index in [9.17, 15) is 0 Å². The first-order valence-electron chi connectivity index (χ1n) is 4.89. The summed E-state index contributed by atoms with van der Waals surface area (Å²) in [4.78, 5) is 1.37. The summed E-state index contributed by atoms with van der Waals surface area (Å²) in [7, 11) is 0. The lowest BCUT2D eigenvalue weighted by Crippen LogP contribution is -1.94. The Kier molecular flexibility index (Phi) is 7.01. The van der Waals surface area contributed by atoms with Crippen molar-refractivity contribution < 1.29 is 0 Å². The first-order valence-corrected chi connectivity index (χ1v) is 7.03. The molecule has 1 aromatic rings. The van der Waals surface area contributed by atoms with Crippen LogP contribution in [0.4, 0.5) is 0 Å². The van der Waals surface area contributed by atoms with Crippen LogP contribution in [0.25, 0.3) is 0 Å². The fraction of sp³-hybridized carbons (Fsp3) is 0.455. The second-order valence-corrected chi connectivity index (χ2v) is 5.26. The van der Waals surface area contributed by atoms with Gasteiger partial charge in [-0.25, -0.2) is 0 Å². The Labute approximate surface area is 94.8 Å². The van der Waals surface area contributed by atoms with E-state index in [1.807, 2.05) is 23.5 Å². The van der Waals surface area contributed by atoms with Gasteiger partial charge in [0, 0.05) is 10.8 Å². The van der Waals surface area contributed by atoms with Crippen LogP contribution in [0.5, 0.6) is 0 Å². The zero-order valence-corrected chi connectivity index (χ0v) is 9.95. The van der Waals surface area contributed by atoms with Crippen molar-refractivity contribution in [2.75, 3.05) is 17.4 Å². The van der Waals surface area contributed by atoms with Crippen LogP contribution >= 0.6 is 23.5 Å². The van der Waals surface area contributed by atoms with Gasteiger partial charge in [-0.3, -0.25) is 0 Å². The van der Waals surface area contributed by atoms with E-state index in [1.54, 1.807) is 0 Å². The predicted molar refractivity (Wildman–Crippen MR) is 67.9 cm³/mol. The van der Waals surface area contributed by atoms with Crippen LogP contribution in [-0.4, -0.2) is 17.4 Å². The molecule has 0 aliphatic heterocycles. The van der Waals surface area contributed by atoms with Crippen molar-refractivity contribution in [3.63, 3.8) is 0 Å². The number of benzene rings is 1. The molecule has 0 aliphatic carbocycles. The summed E-state index contributed by atoms with van der Waals surface area (Å²) in [6.07, 6.45) is 2.56. The summed E-state index contributed by atoms with van der Waals surface area (Å²) in [5.41, 5.74) is 5.39. The molecule has 0 aliphatic rings. The van der Waals surface area contributed by atoms with Gasteiger partial charge < -0.3 is 5.73 Å². The van der Waals surface area contributed by atoms with Crippen LogP contribution in [0.3, 0.4) is 0 Å². The van der Waals surface area contributed by atoms with Gasteiger partial charge in [-0.15, -0.1) is 23.5 Å². The van der Waals surface area contributed by atoms with E-state index in [4.69, 9.17) is 5.73 Å². The van der Waals surface area contributed by atoms with Crippen molar-refractivity contribution in [1.82, 2.24) is 0 Å². The summed E-state index contributed by atoms with van der Waals surface area (Å²) in [6, 6.07) is 10.6. The van der Waals surface area contributed by atoms with Crippen molar-refractivity contribution in [1.29, 1.82) is 0 Å². The molecular formula is C11H17NS2. The van der Waals surface area contributed by atoms with Crippen LogP contribution in [0, 0.1) is 0 Å². The smallest absolute Gasteiger partial charge is 0.0392 e. The molecule has 2 N–H and O–H groups in total. The summed E-state index contributed by atoms with van der Waals surface area (Å²) >= 11 is 3.76. The Bertz CT molecular complexity index is 226. The van der Waals surface area contributed by atoms with Crippen LogP contribution in [0.2, 0.25) is 0 Å². The topological polar surface area (TPSA) is 26.0 Å². The SMILES string of the molecule is NCSCCCCSc1ccccc1. The number of rotatable bonds is 7. The molecule has 1 nitrogen and oxygen atoms in total. The van der Waals surface area contributed by atoms with Crippen LogP contribution in [0.15, 0.2) is 35.2 Å². The van der Waals surface area contributed by atoms with Gasteiger partial charge in [0.15, 0.2) is 0 Å². The van der Waals surface area contributed by atoms with Gasteiger partial charge in [-0.2, -0.15) is 0 Å². The molecule has 1 rings (SSSR count). The van der Waals surface area contributed by atoms with Gasteiger partial charge in [0.2, 0.25) is 0 Å². The highest BCUT2D eigenvalue weighted by atomic mass is 32.2. The molecular weight excluding hydrogens is 210 g/mol. The first-order chi connectivity index (χ1) is 6.93.